The molecule has 0 unspecified atom stereocenters. The van der Waals surface area contributed by atoms with E-state index in [2.05, 4.69) is 16.8 Å². The van der Waals surface area contributed by atoms with E-state index in [1.807, 2.05) is 18.2 Å². The fourth-order valence-electron chi connectivity index (χ4n) is 2.20. The molecular weight excluding hydrogens is 236 g/mol. The molecule has 1 heterocycles. The Morgan fingerprint density at radius 2 is 2.00 bits per heavy atom. The quantitative estimate of drug-likeness (QED) is 0.807. The number of benzene rings is 1. The van der Waals surface area contributed by atoms with E-state index < -0.39 is 0 Å². The van der Waals surface area contributed by atoms with Crippen LogP contribution < -0.4 is 9.64 Å². The number of nitrogens with zero attached hydrogens (tertiary/aromatic N) is 2. The van der Waals surface area contributed by atoms with Gasteiger partial charge < -0.3 is 14.5 Å². The molecule has 2 rings (SSSR count). The van der Waals surface area contributed by atoms with Crippen LogP contribution in [0.2, 0.25) is 5.02 Å². The highest BCUT2D eigenvalue weighted by molar-refractivity contribution is 6.30. The second-order valence-corrected chi connectivity index (χ2v) is 4.90. The van der Waals surface area contributed by atoms with Crippen LogP contribution in [0.25, 0.3) is 0 Å². The van der Waals surface area contributed by atoms with E-state index in [0.29, 0.717) is 0 Å². The van der Waals surface area contributed by atoms with Gasteiger partial charge in [0.15, 0.2) is 0 Å². The van der Waals surface area contributed by atoms with E-state index in [0.717, 1.165) is 42.6 Å². The molecule has 0 aromatic heterocycles. The van der Waals surface area contributed by atoms with Crippen LogP contribution in [0, 0.1) is 0 Å². The van der Waals surface area contributed by atoms with Gasteiger partial charge >= 0.3 is 0 Å². The van der Waals surface area contributed by atoms with Crippen LogP contribution in [-0.2, 0) is 0 Å². The fraction of sp³-hybridized carbons (Fsp3) is 0.538. The molecule has 3 nitrogen and oxygen atoms in total. The number of ether oxygens (including phenoxy) is 1. The van der Waals surface area contributed by atoms with E-state index in [1.165, 1.54) is 6.42 Å². The van der Waals surface area contributed by atoms with Crippen LogP contribution in [0.4, 0.5) is 5.69 Å². The smallest absolute Gasteiger partial charge is 0.142 e. The highest BCUT2D eigenvalue weighted by Gasteiger charge is 2.16. The molecule has 4 heteroatoms. The molecule has 1 aromatic rings. The molecule has 1 aliphatic heterocycles. The summed E-state index contributed by atoms with van der Waals surface area (Å²) in [6.45, 7) is 4.31. The average Bonchev–Trinajstić information content (AvgIpc) is 2.54. The highest BCUT2D eigenvalue weighted by atomic mass is 35.5. The molecule has 0 bridgehead atoms. The number of rotatable bonds is 2. The normalized spacial score (nSPS) is 17.9. The van der Waals surface area contributed by atoms with Gasteiger partial charge in [-0.3, -0.25) is 0 Å². The van der Waals surface area contributed by atoms with Crippen molar-refractivity contribution in [2.24, 2.45) is 0 Å². The standard InChI is InChI=1S/C13H19ClN2O/c1-15-6-3-7-16(9-8-15)12-10-11(14)4-5-13(12)17-2/h4-5,10H,3,6-9H2,1-2H3. The predicted molar refractivity (Wildman–Crippen MR) is 72.3 cm³/mol. The summed E-state index contributed by atoms with van der Waals surface area (Å²) in [6.07, 6.45) is 1.17. The number of hydrogen-bond donors (Lipinski definition) is 0. The third-order valence-corrected chi connectivity index (χ3v) is 3.44. The number of hydrogen-bond acceptors (Lipinski definition) is 3. The van der Waals surface area contributed by atoms with Crippen LogP contribution in [-0.4, -0.2) is 45.2 Å². The molecule has 94 valence electrons. The number of anilines is 1. The van der Waals surface area contributed by atoms with Gasteiger partial charge in [0.05, 0.1) is 12.8 Å². The van der Waals surface area contributed by atoms with Crippen LogP contribution in [0.5, 0.6) is 5.75 Å². The Labute approximate surface area is 108 Å². The van der Waals surface area contributed by atoms with Gasteiger partial charge in [-0.15, -0.1) is 0 Å². The first kappa shape index (κ1) is 12.5. The molecule has 17 heavy (non-hydrogen) atoms. The summed E-state index contributed by atoms with van der Waals surface area (Å²) >= 11 is 6.07. The van der Waals surface area contributed by atoms with Gasteiger partial charge in [0.1, 0.15) is 5.75 Å². The van der Waals surface area contributed by atoms with Gasteiger partial charge in [0, 0.05) is 24.7 Å². The molecule has 0 amide bonds. The van der Waals surface area contributed by atoms with Gasteiger partial charge in [-0.2, -0.15) is 0 Å². The Kier molecular flexibility index (Phi) is 4.13. The van der Waals surface area contributed by atoms with Gasteiger partial charge in [-0.25, -0.2) is 0 Å². The van der Waals surface area contributed by atoms with E-state index in [4.69, 9.17) is 16.3 Å². The van der Waals surface area contributed by atoms with Crippen molar-refractivity contribution in [2.45, 2.75) is 6.42 Å². The van der Waals surface area contributed by atoms with Crippen LogP contribution >= 0.6 is 11.6 Å². The van der Waals surface area contributed by atoms with Crippen molar-refractivity contribution in [1.29, 1.82) is 0 Å². The second kappa shape index (κ2) is 5.61. The topological polar surface area (TPSA) is 15.7 Å². The third kappa shape index (κ3) is 3.05. The minimum atomic E-state index is 0.762. The van der Waals surface area contributed by atoms with Crippen molar-refractivity contribution >= 4 is 17.3 Å². The van der Waals surface area contributed by atoms with Gasteiger partial charge in [-0.05, 0) is 38.2 Å². The Balaban J connectivity index is 2.22. The van der Waals surface area contributed by atoms with Crippen LogP contribution in [0.3, 0.4) is 0 Å². The minimum Gasteiger partial charge on any atom is -0.495 e. The summed E-state index contributed by atoms with van der Waals surface area (Å²) in [5.41, 5.74) is 1.11. The molecular formula is C13H19ClN2O. The van der Waals surface area contributed by atoms with Crippen LogP contribution in [0.1, 0.15) is 6.42 Å². The largest absolute Gasteiger partial charge is 0.495 e. The monoisotopic (exact) mass is 254 g/mol. The van der Waals surface area contributed by atoms with E-state index in [9.17, 15) is 0 Å². The maximum Gasteiger partial charge on any atom is 0.142 e. The zero-order chi connectivity index (χ0) is 12.3. The number of likely N-dealkylation sites (N-methyl/N-ethyl adjacent to an activating group) is 1. The Hall–Kier alpha value is -0.930. The zero-order valence-corrected chi connectivity index (χ0v) is 11.2. The first-order chi connectivity index (χ1) is 8.20. The summed E-state index contributed by atoms with van der Waals surface area (Å²) in [4.78, 5) is 4.71. The van der Waals surface area contributed by atoms with Gasteiger partial charge in [0.25, 0.3) is 0 Å². The van der Waals surface area contributed by atoms with Crippen molar-refractivity contribution in [2.75, 3.05) is 45.2 Å². The second-order valence-electron chi connectivity index (χ2n) is 4.46. The van der Waals surface area contributed by atoms with Crippen molar-refractivity contribution in [3.8, 4) is 5.75 Å². The molecule has 0 saturated carbocycles. The first-order valence-corrected chi connectivity index (χ1v) is 6.35. The van der Waals surface area contributed by atoms with E-state index >= 15 is 0 Å². The lowest BCUT2D eigenvalue weighted by atomic mass is 10.2. The Morgan fingerprint density at radius 3 is 2.76 bits per heavy atom. The van der Waals surface area contributed by atoms with Crippen LogP contribution in [0.15, 0.2) is 18.2 Å². The lowest BCUT2D eigenvalue weighted by Gasteiger charge is -2.25. The summed E-state index contributed by atoms with van der Waals surface area (Å²) < 4.78 is 5.41. The lowest BCUT2D eigenvalue weighted by Crippen LogP contribution is -2.29. The average molecular weight is 255 g/mol. The predicted octanol–water partition coefficient (Wildman–Crippen LogP) is 2.49. The summed E-state index contributed by atoms with van der Waals surface area (Å²) in [7, 11) is 3.87. The molecule has 0 radical (unpaired) electrons. The summed E-state index contributed by atoms with van der Waals surface area (Å²) in [5.74, 6) is 0.902. The number of methoxy groups -OCH3 is 1. The van der Waals surface area contributed by atoms with E-state index in [-0.39, 0.29) is 0 Å². The first-order valence-electron chi connectivity index (χ1n) is 5.98. The maximum atomic E-state index is 6.07. The number of halogens is 1. The molecule has 0 spiro atoms. The van der Waals surface area contributed by atoms with Gasteiger partial charge in [0.2, 0.25) is 0 Å². The minimum absolute atomic E-state index is 0.762. The van der Waals surface area contributed by atoms with Crippen molar-refractivity contribution in [3.05, 3.63) is 23.2 Å². The van der Waals surface area contributed by atoms with Crippen molar-refractivity contribution in [1.82, 2.24) is 4.90 Å². The molecule has 1 aromatic carbocycles. The molecule has 0 N–H and O–H groups in total. The molecule has 0 aliphatic carbocycles. The molecule has 1 saturated heterocycles. The summed E-state index contributed by atoms with van der Waals surface area (Å²) in [6, 6.07) is 5.80. The molecule has 0 atom stereocenters. The highest BCUT2D eigenvalue weighted by Crippen LogP contribution is 2.31. The molecule has 1 fully saturated rings. The Bertz CT molecular complexity index is 384. The zero-order valence-electron chi connectivity index (χ0n) is 10.4. The third-order valence-electron chi connectivity index (χ3n) is 3.20. The van der Waals surface area contributed by atoms with Crippen molar-refractivity contribution < 1.29 is 4.74 Å². The van der Waals surface area contributed by atoms with Crippen molar-refractivity contribution in [3.63, 3.8) is 0 Å². The SMILES string of the molecule is COc1ccc(Cl)cc1N1CCCN(C)CC1. The van der Waals surface area contributed by atoms with E-state index in [1.54, 1.807) is 7.11 Å². The summed E-state index contributed by atoms with van der Waals surface area (Å²) in [5, 5.41) is 0.762. The molecule has 1 aliphatic rings. The van der Waals surface area contributed by atoms with Gasteiger partial charge in [-0.1, -0.05) is 11.6 Å². The Morgan fingerprint density at radius 1 is 1.18 bits per heavy atom. The fourth-order valence-corrected chi connectivity index (χ4v) is 2.36. The lowest BCUT2D eigenvalue weighted by molar-refractivity contribution is 0.360. The maximum absolute atomic E-state index is 6.07.